The van der Waals surface area contributed by atoms with Crippen LogP contribution in [-0.4, -0.2) is 31.4 Å². The number of Topliss-reactive ketones (excluding diaryl/α,β-unsaturated/α-hetero) is 1. The molecule has 0 amide bonds. The highest BCUT2D eigenvalue weighted by molar-refractivity contribution is 6.30. The minimum absolute atomic E-state index is 0.131. The maximum atomic E-state index is 12.1. The second-order valence-electron chi connectivity index (χ2n) is 5.39. The molecule has 2 aromatic rings. The van der Waals surface area contributed by atoms with Gasteiger partial charge in [0.25, 0.3) is 0 Å². The van der Waals surface area contributed by atoms with Gasteiger partial charge in [0.05, 0.1) is 12.0 Å². The van der Waals surface area contributed by atoms with Gasteiger partial charge in [0, 0.05) is 5.02 Å². The first kappa shape index (κ1) is 14.0. The van der Waals surface area contributed by atoms with Crippen molar-refractivity contribution in [3.8, 4) is 0 Å². The van der Waals surface area contributed by atoms with Gasteiger partial charge >= 0.3 is 0 Å². The fraction of sp³-hybridized carbons (Fsp3) is 0.357. The molecule has 0 unspecified atom stereocenters. The number of aliphatic hydroxyl groups is 1. The quantitative estimate of drug-likeness (QED) is 0.885. The van der Waals surface area contributed by atoms with Gasteiger partial charge in [-0.3, -0.25) is 4.79 Å². The number of hydrogen-bond acceptors (Lipinski definition) is 5. The molecule has 1 aliphatic rings. The summed E-state index contributed by atoms with van der Waals surface area (Å²) in [6, 6.07) is 6.72. The topological polar surface area (TPSA) is 80.0 Å². The summed E-state index contributed by atoms with van der Waals surface area (Å²) < 4.78 is 1.62. The minimum atomic E-state index is -1.40. The van der Waals surface area contributed by atoms with Gasteiger partial charge in [-0.25, -0.2) is 4.68 Å². The largest absolute Gasteiger partial charge is 0.370 e. The standard InChI is InChI=1S/C14H15ClN4O2/c1-8(20)11-12(9-3-5-10(15)6-4-9)19-13(16-7-17-19)18-14(11,2)21/h3-7,11-12,21H,1-2H3,(H,16,17,18)/t11-,12-,14-/m0/s1. The van der Waals surface area contributed by atoms with E-state index < -0.39 is 17.7 Å². The molecule has 21 heavy (non-hydrogen) atoms. The molecule has 0 aliphatic carbocycles. The van der Waals surface area contributed by atoms with Gasteiger partial charge in [0.1, 0.15) is 17.8 Å². The number of fused-ring (bicyclic) bond motifs is 1. The highest BCUT2D eigenvalue weighted by Gasteiger charge is 2.48. The van der Waals surface area contributed by atoms with Crippen LogP contribution in [0.25, 0.3) is 0 Å². The fourth-order valence-corrected chi connectivity index (χ4v) is 3.03. The van der Waals surface area contributed by atoms with Crippen molar-refractivity contribution in [1.29, 1.82) is 0 Å². The Morgan fingerprint density at radius 1 is 1.43 bits per heavy atom. The molecular weight excluding hydrogens is 292 g/mol. The predicted molar refractivity (Wildman–Crippen MR) is 78.0 cm³/mol. The van der Waals surface area contributed by atoms with E-state index in [-0.39, 0.29) is 5.78 Å². The van der Waals surface area contributed by atoms with Crippen LogP contribution in [0.15, 0.2) is 30.6 Å². The number of benzene rings is 1. The van der Waals surface area contributed by atoms with Crippen LogP contribution in [-0.2, 0) is 4.79 Å². The van der Waals surface area contributed by atoms with Crippen molar-refractivity contribution >= 4 is 23.3 Å². The Hall–Kier alpha value is -1.92. The zero-order chi connectivity index (χ0) is 15.2. The summed E-state index contributed by atoms with van der Waals surface area (Å²) in [6.07, 6.45) is 1.39. The third kappa shape index (κ3) is 2.30. The van der Waals surface area contributed by atoms with Crippen molar-refractivity contribution < 1.29 is 9.90 Å². The first-order valence-electron chi connectivity index (χ1n) is 6.56. The smallest absolute Gasteiger partial charge is 0.223 e. The highest BCUT2D eigenvalue weighted by atomic mass is 35.5. The van der Waals surface area contributed by atoms with Crippen LogP contribution in [0.5, 0.6) is 0 Å². The van der Waals surface area contributed by atoms with Crippen LogP contribution in [0.1, 0.15) is 25.5 Å². The summed E-state index contributed by atoms with van der Waals surface area (Å²) in [6.45, 7) is 3.03. The molecule has 1 aromatic heterocycles. The Balaban J connectivity index is 2.18. The molecule has 0 saturated carbocycles. The van der Waals surface area contributed by atoms with Crippen molar-refractivity contribution in [2.75, 3.05) is 5.32 Å². The normalized spacial score (nSPS) is 27.8. The molecule has 0 spiro atoms. The number of aromatic nitrogens is 3. The predicted octanol–water partition coefficient (Wildman–Crippen LogP) is 1.86. The zero-order valence-electron chi connectivity index (χ0n) is 11.6. The summed E-state index contributed by atoms with van der Waals surface area (Å²) >= 11 is 5.92. The van der Waals surface area contributed by atoms with Crippen LogP contribution in [0.2, 0.25) is 5.02 Å². The zero-order valence-corrected chi connectivity index (χ0v) is 12.4. The maximum Gasteiger partial charge on any atom is 0.223 e. The molecule has 2 heterocycles. The number of carbonyl (C=O) groups excluding carboxylic acids is 1. The van der Waals surface area contributed by atoms with Gasteiger partial charge in [0.15, 0.2) is 0 Å². The second-order valence-corrected chi connectivity index (χ2v) is 5.82. The summed E-state index contributed by atoms with van der Waals surface area (Å²) in [4.78, 5) is 16.2. The minimum Gasteiger partial charge on any atom is -0.370 e. The molecule has 1 aromatic carbocycles. The molecule has 1 aliphatic heterocycles. The third-order valence-corrected chi connectivity index (χ3v) is 4.02. The van der Waals surface area contributed by atoms with E-state index in [1.807, 2.05) is 12.1 Å². The van der Waals surface area contributed by atoms with Crippen molar-refractivity contribution in [2.24, 2.45) is 5.92 Å². The lowest BCUT2D eigenvalue weighted by molar-refractivity contribution is -0.130. The number of ketones is 1. The van der Waals surface area contributed by atoms with Gasteiger partial charge < -0.3 is 10.4 Å². The average molecular weight is 307 g/mol. The summed E-state index contributed by atoms with van der Waals surface area (Å²) in [7, 11) is 0. The summed E-state index contributed by atoms with van der Waals surface area (Å²) in [5.41, 5.74) is -0.563. The number of anilines is 1. The number of carbonyl (C=O) groups is 1. The molecule has 3 atom stereocenters. The van der Waals surface area contributed by atoms with Crippen molar-refractivity contribution in [3.05, 3.63) is 41.2 Å². The number of nitrogens with one attached hydrogen (secondary N) is 1. The Morgan fingerprint density at radius 2 is 2.10 bits per heavy atom. The molecule has 110 valence electrons. The number of halogens is 1. The van der Waals surface area contributed by atoms with E-state index in [1.54, 1.807) is 23.7 Å². The number of hydrogen-bond donors (Lipinski definition) is 2. The Bertz CT molecular complexity index is 681. The average Bonchev–Trinajstić information content (AvgIpc) is 2.84. The van der Waals surface area contributed by atoms with E-state index in [1.165, 1.54) is 13.3 Å². The highest BCUT2D eigenvalue weighted by Crippen LogP contribution is 2.40. The maximum absolute atomic E-state index is 12.1. The van der Waals surface area contributed by atoms with Gasteiger partial charge in [-0.2, -0.15) is 10.1 Å². The van der Waals surface area contributed by atoms with E-state index >= 15 is 0 Å². The van der Waals surface area contributed by atoms with E-state index in [2.05, 4.69) is 15.4 Å². The fourth-order valence-electron chi connectivity index (χ4n) is 2.91. The van der Waals surface area contributed by atoms with Crippen molar-refractivity contribution in [3.63, 3.8) is 0 Å². The molecule has 0 bridgehead atoms. The molecule has 3 rings (SSSR count). The van der Waals surface area contributed by atoms with Gasteiger partial charge in [0.2, 0.25) is 5.95 Å². The van der Waals surface area contributed by atoms with Gasteiger partial charge in [-0.1, -0.05) is 23.7 Å². The first-order valence-corrected chi connectivity index (χ1v) is 6.94. The molecule has 0 fully saturated rings. The van der Waals surface area contributed by atoms with Crippen LogP contribution < -0.4 is 5.32 Å². The van der Waals surface area contributed by atoms with Crippen LogP contribution in [0.4, 0.5) is 5.95 Å². The van der Waals surface area contributed by atoms with E-state index in [0.29, 0.717) is 11.0 Å². The van der Waals surface area contributed by atoms with E-state index in [4.69, 9.17) is 11.6 Å². The lowest BCUT2D eigenvalue weighted by Crippen LogP contribution is -2.54. The Labute approximate surface area is 126 Å². The molecule has 0 saturated heterocycles. The monoisotopic (exact) mass is 306 g/mol. The first-order chi connectivity index (χ1) is 9.90. The summed E-state index contributed by atoms with van der Waals surface area (Å²) in [5, 5.41) is 18.3. The molecule has 0 radical (unpaired) electrons. The van der Waals surface area contributed by atoms with Crippen LogP contribution in [0, 0.1) is 5.92 Å². The lowest BCUT2D eigenvalue weighted by Gasteiger charge is -2.42. The molecule has 6 nitrogen and oxygen atoms in total. The van der Waals surface area contributed by atoms with E-state index in [9.17, 15) is 9.90 Å². The van der Waals surface area contributed by atoms with Crippen LogP contribution in [0.3, 0.4) is 0 Å². The summed E-state index contributed by atoms with van der Waals surface area (Å²) in [5.74, 6) is -0.390. The molecular formula is C14H15ClN4O2. The van der Waals surface area contributed by atoms with Crippen molar-refractivity contribution in [2.45, 2.75) is 25.6 Å². The number of nitrogens with zero attached hydrogens (tertiary/aromatic N) is 3. The number of rotatable bonds is 2. The Morgan fingerprint density at radius 3 is 2.71 bits per heavy atom. The van der Waals surface area contributed by atoms with E-state index in [0.717, 1.165) is 5.56 Å². The molecule has 2 N–H and O–H groups in total. The SMILES string of the molecule is CC(=O)[C@H]1[C@H](c2ccc(Cl)cc2)n2ncnc2N[C@@]1(C)O. The Kier molecular flexibility index (Phi) is 3.22. The van der Waals surface area contributed by atoms with Crippen LogP contribution >= 0.6 is 11.6 Å². The molecule has 7 heteroatoms. The van der Waals surface area contributed by atoms with Crippen molar-refractivity contribution in [1.82, 2.24) is 14.8 Å². The lowest BCUT2D eigenvalue weighted by atomic mass is 9.81. The third-order valence-electron chi connectivity index (χ3n) is 3.77. The van der Waals surface area contributed by atoms with Gasteiger partial charge in [-0.05, 0) is 31.5 Å². The second kappa shape index (κ2) is 4.82. The van der Waals surface area contributed by atoms with Gasteiger partial charge in [-0.15, -0.1) is 0 Å².